The number of aliphatic carboxylic acids is 1. The highest BCUT2D eigenvalue weighted by molar-refractivity contribution is 9.10. The van der Waals surface area contributed by atoms with Crippen LogP contribution in [0.4, 0.5) is 0 Å². The van der Waals surface area contributed by atoms with Gasteiger partial charge in [-0.15, -0.1) is 0 Å². The average Bonchev–Trinajstić information content (AvgIpc) is 2.31. The Balaban J connectivity index is 1.94. The molecule has 0 aromatic heterocycles. The molecule has 0 bridgehead atoms. The van der Waals surface area contributed by atoms with Crippen molar-refractivity contribution >= 4 is 27.8 Å². The second kappa shape index (κ2) is 5.74. The minimum atomic E-state index is -0.795. The van der Waals surface area contributed by atoms with Gasteiger partial charge in [0.1, 0.15) is 0 Å². The summed E-state index contributed by atoms with van der Waals surface area (Å²) in [5.74, 6) is -0.950. The van der Waals surface area contributed by atoms with Gasteiger partial charge in [-0.05, 0) is 36.5 Å². The lowest BCUT2D eigenvalue weighted by Gasteiger charge is -2.40. The fourth-order valence-electron chi connectivity index (χ4n) is 2.41. The van der Waals surface area contributed by atoms with Gasteiger partial charge in [0.15, 0.2) is 0 Å². The Morgan fingerprint density at radius 3 is 2.63 bits per heavy atom. The maximum absolute atomic E-state index is 12.0. The molecule has 0 unspecified atom stereocenters. The molecule has 102 valence electrons. The Kier molecular flexibility index (Phi) is 4.24. The predicted molar refractivity (Wildman–Crippen MR) is 75.0 cm³/mol. The van der Waals surface area contributed by atoms with E-state index in [9.17, 15) is 9.59 Å². The predicted octanol–water partition coefficient (Wildman–Crippen LogP) is 2.82. The smallest absolute Gasteiger partial charge is 0.303 e. The fourth-order valence-corrected chi connectivity index (χ4v) is 2.81. The Hall–Kier alpha value is -1.36. The molecule has 1 aliphatic carbocycles. The summed E-state index contributed by atoms with van der Waals surface area (Å²) in [5, 5.41) is 11.8. The molecule has 1 aliphatic rings. The fraction of sp³-hybridized carbons (Fsp3) is 0.429. The van der Waals surface area contributed by atoms with E-state index in [0.717, 1.165) is 23.7 Å². The van der Waals surface area contributed by atoms with E-state index < -0.39 is 5.97 Å². The van der Waals surface area contributed by atoms with Crippen LogP contribution in [0.2, 0.25) is 0 Å². The van der Waals surface area contributed by atoms with Crippen molar-refractivity contribution in [2.45, 2.75) is 25.7 Å². The van der Waals surface area contributed by atoms with E-state index in [1.54, 1.807) is 18.2 Å². The van der Waals surface area contributed by atoms with E-state index in [1.807, 2.05) is 6.07 Å². The van der Waals surface area contributed by atoms with Crippen LogP contribution in [0, 0.1) is 5.41 Å². The second-order valence-electron chi connectivity index (χ2n) is 5.12. The minimum Gasteiger partial charge on any atom is -0.481 e. The summed E-state index contributed by atoms with van der Waals surface area (Å²) < 4.78 is 0.851. The summed E-state index contributed by atoms with van der Waals surface area (Å²) in [7, 11) is 0. The summed E-state index contributed by atoms with van der Waals surface area (Å²) in [6.45, 7) is 0.435. The lowest BCUT2D eigenvalue weighted by molar-refractivity contribution is -0.141. The molecule has 1 aromatic carbocycles. The summed E-state index contributed by atoms with van der Waals surface area (Å²) in [4.78, 5) is 22.8. The van der Waals surface area contributed by atoms with Gasteiger partial charge in [-0.25, -0.2) is 0 Å². The molecular weight excluding hydrogens is 310 g/mol. The number of benzene rings is 1. The third-order valence-corrected chi connectivity index (χ3v) is 4.14. The van der Waals surface area contributed by atoms with Crippen LogP contribution in [0.5, 0.6) is 0 Å². The van der Waals surface area contributed by atoms with Crippen molar-refractivity contribution in [2.75, 3.05) is 6.54 Å². The van der Waals surface area contributed by atoms with Crippen LogP contribution in [0.3, 0.4) is 0 Å². The minimum absolute atomic E-state index is 0.131. The standard InChI is InChI=1S/C14H16BrNO3/c15-11-4-1-3-10(7-11)13(19)16-9-14(5-2-6-14)8-12(17)18/h1,3-4,7H,2,5-6,8-9H2,(H,16,19)(H,17,18). The molecule has 0 saturated heterocycles. The number of carbonyl (C=O) groups is 2. The highest BCUT2D eigenvalue weighted by atomic mass is 79.9. The summed E-state index contributed by atoms with van der Waals surface area (Å²) in [6.07, 6.45) is 2.92. The molecule has 1 amide bonds. The van der Waals surface area contributed by atoms with E-state index >= 15 is 0 Å². The molecule has 1 saturated carbocycles. The lowest BCUT2D eigenvalue weighted by atomic mass is 9.66. The summed E-state index contributed by atoms with van der Waals surface area (Å²) >= 11 is 3.32. The quantitative estimate of drug-likeness (QED) is 0.874. The van der Waals surface area contributed by atoms with Crippen molar-refractivity contribution in [1.29, 1.82) is 0 Å². The van der Waals surface area contributed by atoms with Crippen molar-refractivity contribution < 1.29 is 14.7 Å². The first-order valence-electron chi connectivity index (χ1n) is 6.26. The third kappa shape index (κ3) is 3.56. The maximum atomic E-state index is 12.0. The molecule has 2 rings (SSSR count). The van der Waals surface area contributed by atoms with Gasteiger partial charge in [0, 0.05) is 16.6 Å². The number of amides is 1. The zero-order valence-electron chi connectivity index (χ0n) is 10.5. The molecule has 2 N–H and O–H groups in total. The third-order valence-electron chi connectivity index (χ3n) is 3.65. The van der Waals surface area contributed by atoms with E-state index in [1.165, 1.54) is 0 Å². The van der Waals surface area contributed by atoms with E-state index in [0.29, 0.717) is 12.1 Å². The van der Waals surface area contributed by atoms with Crippen LogP contribution < -0.4 is 5.32 Å². The molecule has 4 nitrogen and oxygen atoms in total. The first-order valence-corrected chi connectivity index (χ1v) is 7.06. The van der Waals surface area contributed by atoms with Crippen molar-refractivity contribution in [3.05, 3.63) is 34.3 Å². The van der Waals surface area contributed by atoms with Crippen LogP contribution in [0.15, 0.2) is 28.7 Å². The Morgan fingerprint density at radius 1 is 1.37 bits per heavy atom. The number of carboxylic acid groups (broad SMARTS) is 1. The largest absolute Gasteiger partial charge is 0.481 e. The zero-order chi connectivity index (χ0) is 13.9. The van der Waals surface area contributed by atoms with Gasteiger partial charge in [-0.3, -0.25) is 9.59 Å². The van der Waals surface area contributed by atoms with Gasteiger partial charge < -0.3 is 10.4 Å². The SMILES string of the molecule is O=C(O)CC1(CNC(=O)c2cccc(Br)c2)CCC1. The number of carbonyl (C=O) groups excluding carboxylic acids is 1. The van der Waals surface area contributed by atoms with Crippen molar-refractivity contribution in [3.63, 3.8) is 0 Å². The first-order chi connectivity index (χ1) is 9.01. The molecular formula is C14H16BrNO3. The number of hydrogen-bond donors (Lipinski definition) is 2. The monoisotopic (exact) mass is 325 g/mol. The van der Waals surface area contributed by atoms with Gasteiger partial charge >= 0.3 is 5.97 Å². The summed E-state index contributed by atoms with van der Waals surface area (Å²) in [5.41, 5.74) is 0.340. The van der Waals surface area contributed by atoms with Crippen molar-refractivity contribution in [3.8, 4) is 0 Å². The average molecular weight is 326 g/mol. The van der Waals surface area contributed by atoms with Crippen LogP contribution in [0.1, 0.15) is 36.0 Å². The molecule has 1 aromatic rings. The molecule has 0 heterocycles. The topological polar surface area (TPSA) is 66.4 Å². The van der Waals surface area contributed by atoms with E-state index in [-0.39, 0.29) is 17.7 Å². The Bertz CT molecular complexity index is 497. The van der Waals surface area contributed by atoms with Gasteiger partial charge in [-0.2, -0.15) is 0 Å². The molecule has 19 heavy (non-hydrogen) atoms. The maximum Gasteiger partial charge on any atom is 0.303 e. The molecule has 1 fully saturated rings. The highest BCUT2D eigenvalue weighted by Crippen LogP contribution is 2.43. The van der Waals surface area contributed by atoms with Gasteiger partial charge in [0.25, 0.3) is 5.91 Å². The van der Waals surface area contributed by atoms with E-state index in [4.69, 9.17) is 5.11 Å². The number of hydrogen-bond acceptors (Lipinski definition) is 2. The van der Waals surface area contributed by atoms with Gasteiger partial charge in [0.2, 0.25) is 0 Å². The highest BCUT2D eigenvalue weighted by Gasteiger charge is 2.39. The molecule has 0 atom stereocenters. The summed E-state index contributed by atoms with van der Waals surface area (Å²) in [6, 6.07) is 7.15. The molecule has 0 spiro atoms. The van der Waals surface area contributed by atoms with E-state index in [2.05, 4.69) is 21.2 Å². The second-order valence-corrected chi connectivity index (χ2v) is 6.03. The van der Waals surface area contributed by atoms with Crippen molar-refractivity contribution in [2.24, 2.45) is 5.41 Å². The Morgan fingerprint density at radius 2 is 2.11 bits per heavy atom. The van der Waals surface area contributed by atoms with Crippen LogP contribution in [-0.4, -0.2) is 23.5 Å². The van der Waals surface area contributed by atoms with Gasteiger partial charge in [-0.1, -0.05) is 28.4 Å². The number of nitrogens with one attached hydrogen (secondary N) is 1. The molecule has 5 heteroatoms. The molecule has 0 aliphatic heterocycles. The van der Waals surface area contributed by atoms with Crippen LogP contribution in [-0.2, 0) is 4.79 Å². The number of halogens is 1. The first kappa shape index (κ1) is 14.1. The number of carboxylic acids is 1. The Labute approximate surface area is 120 Å². The van der Waals surface area contributed by atoms with Gasteiger partial charge in [0.05, 0.1) is 6.42 Å². The normalized spacial score (nSPS) is 16.5. The zero-order valence-corrected chi connectivity index (χ0v) is 12.1. The van der Waals surface area contributed by atoms with Crippen LogP contribution >= 0.6 is 15.9 Å². The number of rotatable bonds is 5. The molecule has 0 radical (unpaired) electrons. The lowest BCUT2D eigenvalue weighted by Crippen LogP contribution is -2.43. The van der Waals surface area contributed by atoms with Crippen molar-refractivity contribution in [1.82, 2.24) is 5.32 Å². The van der Waals surface area contributed by atoms with Crippen LogP contribution in [0.25, 0.3) is 0 Å².